The predicted octanol–water partition coefficient (Wildman–Crippen LogP) is 15.4. The maximum absolute atomic E-state index is 6.25. The molecule has 0 saturated heterocycles. The molecule has 0 aliphatic rings. The molecule has 3 aromatic heterocycles. The van der Waals surface area contributed by atoms with Gasteiger partial charge in [0, 0.05) is 43.7 Å². The van der Waals surface area contributed by atoms with Gasteiger partial charge in [0.05, 0.1) is 22.1 Å². The van der Waals surface area contributed by atoms with Gasteiger partial charge in [-0.2, -0.15) is 0 Å². The third-order valence-corrected chi connectivity index (χ3v) is 12.5. The standard InChI is InChI=1S/C56H34N2O/c1-3-15-37(16-4-1)57-49-25-13-11-19-39(49)46-33-47-40-29-27-36(32-50(40)58(52(47)34-51(46)57)38-17-5-2-6-18-38)56-44-23-9-7-21-42(44)55(43-22-8-10-24-45(43)56)35-28-30-54-48(31-35)41-20-12-14-26-53(41)59-54/h1-34H. The molecule has 3 heteroatoms. The van der Waals surface area contributed by atoms with E-state index >= 15 is 0 Å². The topological polar surface area (TPSA) is 23.0 Å². The quantitative estimate of drug-likeness (QED) is 0.164. The number of fused-ring (bicyclic) bond motifs is 11. The van der Waals surface area contributed by atoms with Gasteiger partial charge in [-0.05, 0) is 111 Å². The Morgan fingerprint density at radius 1 is 0.254 bits per heavy atom. The van der Waals surface area contributed by atoms with Crippen LogP contribution >= 0.6 is 0 Å². The molecule has 0 aliphatic carbocycles. The van der Waals surface area contributed by atoms with Crippen LogP contribution < -0.4 is 0 Å². The summed E-state index contributed by atoms with van der Waals surface area (Å²) in [4.78, 5) is 0. The third-order valence-electron chi connectivity index (χ3n) is 12.5. The Hall–Kier alpha value is -7.88. The van der Waals surface area contributed by atoms with Crippen LogP contribution in [0.4, 0.5) is 0 Å². The molecule has 0 saturated carbocycles. The van der Waals surface area contributed by atoms with Crippen LogP contribution in [0, 0.1) is 0 Å². The number of rotatable bonds is 4. The Labute approximate surface area is 339 Å². The van der Waals surface area contributed by atoms with Gasteiger partial charge in [-0.3, -0.25) is 0 Å². The Morgan fingerprint density at radius 3 is 1.32 bits per heavy atom. The maximum atomic E-state index is 6.25. The summed E-state index contributed by atoms with van der Waals surface area (Å²) in [6, 6.07) is 75.1. The zero-order chi connectivity index (χ0) is 38.6. The number of benzene rings is 10. The van der Waals surface area contributed by atoms with Crippen LogP contribution in [-0.4, -0.2) is 9.13 Å². The van der Waals surface area contributed by atoms with Crippen LogP contribution in [0.15, 0.2) is 211 Å². The van der Waals surface area contributed by atoms with Gasteiger partial charge in [0.2, 0.25) is 0 Å². The van der Waals surface area contributed by atoms with Crippen LogP contribution in [0.1, 0.15) is 0 Å². The van der Waals surface area contributed by atoms with E-state index in [1.165, 1.54) is 87.4 Å². The summed E-state index contributed by atoms with van der Waals surface area (Å²) in [6.45, 7) is 0. The van der Waals surface area contributed by atoms with Gasteiger partial charge >= 0.3 is 0 Å². The minimum absolute atomic E-state index is 0.907. The summed E-state index contributed by atoms with van der Waals surface area (Å²) in [5.41, 5.74) is 13.7. The van der Waals surface area contributed by atoms with Gasteiger partial charge in [-0.25, -0.2) is 0 Å². The highest BCUT2D eigenvalue weighted by molar-refractivity contribution is 6.24. The van der Waals surface area contributed by atoms with Gasteiger partial charge in [-0.1, -0.05) is 140 Å². The van der Waals surface area contributed by atoms with Crippen LogP contribution in [0.25, 0.3) is 121 Å². The number of furan rings is 1. The van der Waals surface area contributed by atoms with Gasteiger partial charge in [0.25, 0.3) is 0 Å². The first-order chi connectivity index (χ1) is 29.3. The van der Waals surface area contributed by atoms with Crippen molar-refractivity contribution in [2.75, 3.05) is 0 Å². The van der Waals surface area contributed by atoms with E-state index in [4.69, 9.17) is 4.42 Å². The van der Waals surface area contributed by atoms with Crippen molar-refractivity contribution < 1.29 is 4.42 Å². The van der Waals surface area contributed by atoms with Crippen molar-refractivity contribution in [2.45, 2.75) is 0 Å². The number of nitrogens with zero attached hydrogens (tertiary/aromatic N) is 2. The van der Waals surface area contributed by atoms with Crippen molar-refractivity contribution in [1.29, 1.82) is 0 Å². The molecule has 0 unspecified atom stereocenters. The van der Waals surface area contributed by atoms with Crippen LogP contribution in [0.2, 0.25) is 0 Å². The third kappa shape index (κ3) is 4.64. The molecular weight excluding hydrogens is 717 g/mol. The summed E-state index contributed by atoms with van der Waals surface area (Å²) in [7, 11) is 0. The average Bonchev–Trinajstić information content (AvgIpc) is 3.94. The zero-order valence-electron chi connectivity index (χ0n) is 31.9. The predicted molar refractivity (Wildman–Crippen MR) is 248 cm³/mol. The summed E-state index contributed by atoms with van der Waals surface area (Å²) in [5, 5.41) is 12.2. The first-order valence-corrected chi connectivity index (χ1v) is 20.3. The van der Waals surface area contributed by atoms with Crippen LogP contribution in [0.3, 0.4) is 0 Å². The second kappa shape index (κ2) is 12.3. The molecule has 0 aliphatic heterocycles. The van der Waals surface area contributed by atoms with Crippen molar-refractivity contribution in [3.8, 4) is 33.6 Å². The lowest BCUT2D eigenvalue weighted by molar-refractivity contribution is 0.669. The molecule has 3 nitrogen and oxygen atoms in total. The van der Waals surface area contributed by atoms with E-state index in [0.29, 0.717) is 0 Å². The molecule has 0 atom stereocenters. The summed E-state index contributed by atoms with van der Waals surface area (Å²) >= 11 is 0. The van der Waals surface area contributed by atoms with Crippen molar-refractivity contribution in [3.63, 3.8) is 0 Å². The molecule has 0 radical (unpaired) electrons. The summed E-state index contributed by atoms with van der Waals surface area (Å²) in [6.07, 6.45) is 0. The fourth-order valence-corrected chi connectivity index (χ4v) is 9.98. The van der Waals surface area contributed by atoms with Gasteiger partial charge in [-0.15, -0.1) is 0 Å². The highest BCUT2D eigenvalue weighted by atomic mass is 16.3. The van der Waals surface area contributed by atoms with E-state index in [-0.39, 0.29) is 0 Å². The van der Waals surface area contributed by atoms with E-state index < -0.39 is 0 Å². The van der Waals surface area contributed by atoms with E-state index in [0.717, 1.165) is 33.3 Å². The molecule has 0 fully saturated rings. The lowest BCUT2D eigenvalue weighted by Crippen LogP contribution is -1.96. The zero-order valence-corrected chi connectivity index (χ0v) is 31.9. The molecule has 0 bridgehead atoms. The summed E-state index contributed by atoms with van der Waals surface area (Å²) < 4.78 is 11.1. The number of hydrogen-bond donors (Lipinski definition) is 0. The number of aromatic nitrogens is 2. The lowest BCUT2D eigenvalue weighted by Gasteiger charge is -2.18. The van der Waals surface area contributed by atoms with Gasteiger partial charge < -0.3 is 13.6 Å². The average molecular weight is 751 g/mol. The lowest BCUT2D eigenvalue weighted by atomic mass is 9.85. The van der Waals surface area contributed by atoms with E-state index in [9.17, 15) is 0 Å². The molecule has 0 N–H and O–H groups in total. The number of para-hydroxylation sites is 4. The Balaban J connectivity index is 1.10. The molecule has 59 heavy (non-hydrogen) atoms. The highest BCUT2D eigenvalue weighted by Crippen LogP contribution is 2.47. The first-order valence-electron chi connectivity index (χ1n) is 20.3. The molecule has 13 rings (SSSR count). The van der Waals surface area contributed by atoms with Crippen molar-refractivity contribution in [1.82, 2.24) is 9.13 Å². The molecular formula is C56H34N2O. The van der Waals surface area contributed by atoms with Crippen molar-refractivity contribution >= 4 is 87.1 Å². The SMILES string of the molecule is c1ccc(-n2c3ccccc3c3cc4c5ccc(-c6c7ccccc7c(-c7ccc8oc9ccccc9c8c7)c7ccccc67)cc5n(-c5ccccc5)c4cc32)cc1. The first kappa shape index (κ1) is 32.2. The molecule has 0 spiro atoms. The second-order valence-electron chi connectivity index (χ2n) is 15.6. The summed E-state index contributed by atoms with van der Waals surface area (Å²) in [5.74, 6) is 0. The Bertz CT molecular complexity index is 3770. The van der Waals surface area contributed by atoms with Crippen molar-refractivity contribution in [3.05, 3.63) is 206 Å². The fraction of sp³-hybridized carbons (Fsp3) is 0. The van der Waals surface area contributed by atoms with Gasteiger partial charge in [0.15, 0.2) is 0 Å². The van der Waals surface area contributed by atoms with Crippen LogP contribution in [-0.2, 0) is 0 Å². The molecule has 0 amide bonds. The maximum Gasteiger partial charge on any atom is 0.135 e. The highest BCUT2D eigenvalue weighted by Gasteiger charge is 2.22. The molecule has 274 valence electrons. The Kier molecular flexibility index (Phi) is 6.72. The monoisotopic (exact) mass is 750 g/mol. The van der Waals surface area contributed by atoms with E-state index in [1.807, 2.05) is 12.1 Å². The Morgan fingerprint density at radius 2 is 0.695 bits per heavy atom. The fourth-order valence-electron chi connectivity index (χ4n) is 9.98. The van der Waals surface area contributed by atoms with Crippen molar-refractivity contribution in [2.24, 2.45) is 0 Å². The largest absolute Gasteiger partial charge is 0.456 e. The number of hydrogen-bond acceptors (Lipinski definition) is 1. The van der Waals surface area contributed by atoms with Gasteiger partial charge in [0.1, 0.15) is 11.2 Å². The minimum Gasteiger partial charge on any atom is -0.456 e. The minimum atomic E-state index is 0.907. The van der Waals surface area contributed by atoms with Crippen LogP contribution in [0.5, 0.6) is 0 Å². The normalized spacial score (nSPS) is 12.1. The smallest absolute Gasteiger partial charge is 0.135 e. The molecule has 13 aromatic rings. The molecule has 10 aromatic carbocycles. The van der Waals surface area contributed by atoms with E-state index in [1.54, 1.807) is 0 Å². The van der Waals surface area contributed by atoms with E-state index in [2.05, 4.69) is 203 Å². The second-order valence-corrected chi connectivity index (χ2v) is 15.6. The molecule has 3 heterocycles.